The smallest absolute Gasteiger partial charge is 0.309 e. The van der Waals surface area contributed by atoms with Gasteiger partial charge in [-0.15, -0.1) is 0 Å². The maximum Gasteiger partial charge on any atom is 0.309 e. The molecular weight excluding hydrogens is 212 g/mol. The summed E-state index contributed by atoms with van der Waals surface area (Å²) < 4.78 is 9.42. The molecule has 1 N–H and O–H groups in total. The number of aliphatic hydroxyl groups is 1. The molecule has 16 heavy (non-hydrogen) atoms. The van der Waals surface area contributed by atoms with Gasteiger partial charge in [0.2, 0.25) is 0 Å². The predicted molar refractivity (Wildman–Crippen MR) is 53.2 cm³/mol. The van der Waals surface area contributed by atoms with E-state index >= 15 is 0 Å². The van der Waals surface area contributed by atoms with Crippen molar-refractivity contribution in [2.75, 3.05) is 14.2 Å². The molecule has 5 atom stereocenters. The minimum absolute atomic E-state index is 0.0524. The summed E-state index contributed by atoms with van der Waals surface area (Å²) in [6, 6.07) is 0. The second kappa shape index (κ2) is 4.05. The van der Waals surface area contributed by atoms with Gasteiger partial charge in [0.05, 0.1) is 32.2 Å². The summed E-state index contributed by atoms with van der Waals surface area (Å²) in [7, 11) is 2.62. The number of hydrogen-bond acceptors (Lipinski definition) is 5. The van der Waals surface area contributed by atoms with E-state index < -0.39 is 23.9 Å². The monoisotopic (exact) mass is 228 g/mol. The van der Waals surface area contributed by atoms with Crippen LogP contribution in [0.15, 0.2) is 0 Å². The molecule has 0 spiro atoms. The fraction of sp³-hybridized carbons (Fsp3) is 0.818. The Labute approximate surface area is 93.7 Å². The quantitative estimate of drug-likeness (QED) is 0.672. The van der Waals surface area contributed by atoms with E-state index in [1.807, 2.05) is 0 Å². The van der Waals surface area contributed by atoms with Crippen LogP contribution in [0.1, 0.15) is 12.8 Å². The minimum Gasteiger partial charge on any atom is -0.469 e. The molecule has 0 aromatic carbocycles. The highest BCUT2D eigenvalue weighted by Crippen LogP contribution is 2.53. The van der Waals surface area contributed by atoms with E-state index in [0.29, 0.717) is 12.8 Å². The SMILES string of the molecule is COC(=O)C1C2CC(O)C(C2)C1C(=O)OC. The Kier molecular flexibility index (Phi) is 2.88. The topological polar surface area (TPSA) is 72.8 Å². The number of ether oxygens (including phenoxy) is 2. The number of aliphatic hydroxyl groups excluding tert-OH is 1. The van der Waals surface area contributed by atoms with Gasteiger partial charge in [-0.2, -0.15) is 0 Å². The van der Waals surface area contributed by atoms with E-state index in [0.717, 1.165) is 0 Å². The Hall–Kier alpha value is -1.10. The number of methoxy groups -OCH3 is 2. The van der Waals surface area contributed by atoms with Gasteiger partial charge in [0.25, 0.3) is 0 Å². The van der Waals surface area contributed by atoms with E-state index in [1.54, 1.807) is 0 Å². The van der Waals surface area contributed by atoms with Gasteiger partial charge in [-0.1, -0.05) is 0 Å². The average Bonchev–Trinajstić information content (AvgIpc) is 2.82. The first-order chi connectivity index (χ1) is 7.60. The highest BCUT2D eigenvalue weighted by Gasteiger charge is 2.58. The van der Waals surface area contributed by atoms with Crippen LogP contribution in [0.3, 0.4) is 0 Å². The third-order valence-corrected chi connectivity index (χ3v) is 3.92. The van der Waals surface area contributed by atoms with Crippen molar-refractivity contribution in [2.45, 2.75) is 18.9 Å². The summed E-state index contributed by atoms with van der Waals surface area (Å²) in [4.78, 5) is 23.3. The Morgan fingerprint density at radius 1 is 1.06 bits per heavy atom. The lowest BCUT2D eigenvalue weighted by Gasteiger charge is -2.29. The summed E-state index contributed by atoms with van der Waals surface area (Å²) in [5.74, 6) is -1.86. The van der Waals surface area contributed by atoms with E-state index in [-0.39, 0.29) is 17.8 Å². The molecule has 0 amide bonds. The van der Waals surface area contributed by atoms with Crippen molar-refractivity contribution in [1.29, 1.82) is 0 Å². The maximum atomic E-state index is 11.6. The lowest BCUT2D eigenvalue weighted by atomic mass is 9.78. The summed E-state index contributed by atoms with van der Waals surface area (Å²) in [6.07, 6.45) is 0.800. The minimum atomic E-state index is -0.536. The molecule has 2 fully saturated rings. The molecule has 2 rings (SSSR count). The van der Waals surface area contributed by atoms with Crippen LogP contribution in [0.2, 0.25) is 0 Å². The van der Waals surface area contributed by atoms with Crippen LogP contribution in [0.5, 0.6) is 0 Å². The van der Waals surface area contributed by atoms with Gasteiger partial charge in [-0.25, -0.2) is 0 Å². The van der Waals surface area contributed by atoms with Crippen LogP contribution < -0.4 is 0 Å². The molecule has 0 heterocycles. The zero-order valence-corrected chi connectivity index (χ0v) is 9.38. The lowest BCUT2D eigenvalue weighted by molar-refractivity contribution is -0.162. The predicted octanol–water partition coefficient (Wildman–Crippen LogP) is -0.0345. The van der Waals surface area contributed by atoms with Crippen LogP contribution in [0.4, 0.5) is 0 Å². The lowest BCUT2D eigenvalue weighted by Crippen LogP contribution is -2.41. The van der Waals surface area contributed by atoms with Crippen molar-refractivity contribution in [3.63, 3.8) is 0 Å². The number of hydrogen-bond donors (Lipinski definition) is 1. The van der Waals surface area contributed by atoms with Crippen molar-refractivity contribution in [2.24, 2.45) is 23.7 Å². The zero-order valence-electron chi connectivity index (χ0n) is 9.38. The Bertz CT molecular complexity index is 313. The number of carbonyl (C=O) groups excluding carboxylic acids is 2. The zero-order chi connectivity index (χ0) is 11.9. The first-order valence-corrected chi connectivity index (χ1v) is 5.43. The second-order valence-electron chi connectivity index (χ2n) is 4.56. The van der Waals surface area contributed by atoms with Gasteiger partial charge >= 0.3 is 11.9 Å². The van der Waals surface area contributed by atoms with E-state index in [9.17, 15) is 14.7 Å². The molecule has 5 unspecified atom stereocenters. The fourth-order valence-electron chi connectivity index (χ4n) is 3.26. The molecule has 0 aliphatic heterocycles. The number of rotatable bonds is 2. The van der Waals surface area contributed by atoms with Gasteiger partial charge in [-0.3, -0.25) is 9.59 Å². The summed E-state index contributed by atoms with van der Waals surface area (Å²) in [5.41, 5.74) is 0. The van der Waals surface area contributed by atoms with Crippen LogP contribution in [-0.4, -0.2) is 37.4 Å². The van der Waals surface area contributed by atoms with E-state index in [1.165, 1.54) is 14.2 Å². The molecule has 5 heteroatoms. The Morgan fingerprint density at radius 3 is 2.19 bits per heavy atom. The summed E-state index contributed by atoms with van der Waals surface area (Å²) in [6.45, 7) is 0. The molecular formula is C11H16O5. The first kappa shape index (κ1) is 11.4. The van der Waals surface area contributed by atoms with Gasteiger partial charge in [0.1, 0.15) is 0 Å². The van der Waals surface area contributed by atoms with Crippen molar-refractivity contribution < 1.29 is 24.2 Å². The second-order valence-corrected chi connectivity index (χ2v) is 4.56. The summed E-state index contributed by atoms with van der Waals surface area (Å²) >= 11 is 0. The molecule has 0 saturated heterocycles. The molecule has 2 aliphatic rings. The molecule has 2 saturated carbocycles. The van der Waals surface area contributed by atoms with Crippen molar-refractivity contribution in [3.8, 4) is 0 Å². The summed E-state index contributed by atoms with van der Waals surface area (Å²) in [5, 5.41) is 9.75. The van der Waals surface area contributed by atoms with Gasteiger partial charge < -0.3 is 14.6 Å². The molecule has 0 aromatic heterocycles. The number of esters is 2. The highest BCUT2D eigenvalue weighted by molar-refractivity contribution is 5.83. The van der Waals surface area contributed by atoms with Gasteiger partial charge in [0.15, 0.2) is 0 Å². The Balaban J connectivity index is 2.24. The molecule has 0 aromatic rings. The third-order valence-electron chi connectivity index (χ3n) is 3.92. The molecule has 5 nitrogen and oxygen atoms in total. The van der Waals surface area contributed by atoms with Crippen LogP contribution >= 0.6 is 0 Å². The molecule has 0 radical (unpaired) electrons. The van der Waals surface area contributed by atoms with Crippen molar-refractivity contribution >= 4 is 11.9 Å². The standard InChI is InChI=1S/C11H16O5/c1-15-10(13)8-5-3-6(7(12)4-5)9(8)11(14)16-2/h5-9,12H,3-4H2,1-2H3. The Morgan fingerprint density at radius 2 is 1.62 bits per heavy atom. The first-order valence-electron chi connectivity index (χ1n) is 5.43. The largest absolute Gasteiger partial charge is 0.469 e. The molecule has 2 bridgehead atoms. The van der Waals surface area contributed by atoms with Crippen molar-refractivity contribution in [1.82, 2.24) is 0 Å². The average molecular weight is 228 g/mol. The normalized spacial score (nSPS) is 40.8. The van der Waals surface area contributed by atoms with Crippen LogP contribution in [-0.2, 0) is 19.1 Å². The van der Waals surface area contributed by atoms with Crippen molar-refractivity contribution in [3.05, 3.63) is 0 Å². The third kappa shape index (κ3) is 1.50. The number of fused-ring (bicyclic) bond motifs is 2. The number of carbonyl (C=O) groups is 2. The van der Waals surface area contributed by atoms with Crippen LogP contribution in [0, 0.1) is 23.7 Å². The maximum absolute atomic E-state index is 11.6. The fourth-order valence-corrected chi connectivity index (χ4v) is 3.26. The van der Waals surface area contributed by atoms with E-state index in [2.05, 4.69) is 0 Å². The molecule has 90 valence electrons. The van der Waals surface area contributed by atoms with Crippen LogP contribution in [0.25, 0.3) is 0 Å². The van der Waals surface area contributed by atoms with E-state index in [4.69, 9.17) is 9.47 Å². The van der Waals surface area contributed by atoms with Gasteiger partial charge in [-0.05, 0) is 24.7 Å². The molecule has 2 aliphatic carbocycles. The van der Waals surface area contributed by atoms with Gasteiger partial charge in [0, 0.05) is 0 Å². The highest BCUT2D eigenvalue weighted by atomic mass is 16.5.